The highest BCUT2D eigenvalue weighted by molar-refractivity contribution is 5.88. The molecule has 0 unspecified atom stereocenters. The van der Waals surface area contributed by atoms with E-state index in [1.807, 2.05) is 18.2 Å². The number of benzene rings is 1. The molecule has 1 aliphatic heterocycles. The molecule has 0 spiro atoms. The Morgan fingerprint density at radius 1 is 1.11 bits per heavy atom. The van der Waals surface area contributed by atoms with Gasteiger partial charge in [-0.25, -0.2) is 0 Å². The summed E-state index contributed by atoms with van der Waals surface area (Å²) in [5, 5.41) is 0. The number of hydrogen-bond acceptors (Lipinski definition) is 3. The van der Waals surface area contributed by atoms with Crippen molar-refractivity contribution >= 4 is 5.78 Å². The summed E-state index contributed by atoms with van der Waals surface area (Å²) >= 11 is 0. The number of carbonyl (C=O) groups excluding carboxylic acids is 1. The van der Waals surface area contributed by atoms with Gasteiger partial charge in [0.1, 0.15) is 5.78 Å². The largest absolute Gasteiger partial charge is 0.454 e. The molecule has 1 saturated carbocycles. The summed E-state index contributed by atoms with van der Waals surface area (Å²) in [5.74, 6) is 1.84. The van der Waals surface area contributed by atoms with E-state index in [1.54, 1.807) is 6.92 Å². The number of Topliss-reactive ketones (excluding diaryl/α,β-unsaturated/α-hetero) is 1. The highest BCUT2D eigenvalue weighted by Crippen LogP contribution is 2.43. The molecule has 3 rings (SSSR count). The molecule has 0 amide bonds. The monoisotopic (exact) mass is 246 g/mol. The van der Waals surface area contributed by atoms with Crippen LogP contribution in [0.2, 0.25) is 0 Å². The molecule has 1 heterocycles. The molecule has 2 aliphatic rings. The van der Waals surface area contributed by atoms with Crippen LogP contribution in [-0.2, 0) is 10.2 Å². The van der Waals surface area contributed by atoms with Gasteiger partial charge in [0.2, 0.25) is 6.79 Å². The molecule has 1 aliphatic carbocycles. The van der Waals surface area contributed by atoms with Crippen molar-refractivity contribution in [2.24, 2.45) is 0 Å². The topological polar surface area (TPSA) is 35.5 Å². The van der Waals surface area contributed by atoms with Crippen LogP contribution in [0.1, 0.15) is 44.6 Å². The van der Waals surface area contributed by atoms with E-state index in [0.29, 0.717) is 0 Å². The molecule has 0 saturated heterocycles. The molecular weight excluding hydrogens is 228 g/mol. The fraction of sp³-hybridized carbons (Fsp3) is 0.533. The van der Waals surface area contributed by atoms with Gasteiger partial charge in [0.15, 0.2) is 11.5 Å². The highest BCUT2D eigenvalue weighted by Gasteiger charge is 2.39. The average Bonchev–Trinajstić information content (AvgIpc) is 2.86. The zero-order valence-electron chi connectivity index (χ0n) is 10.7. The summed E-state index contributed by atoms with van der Waals surface area (Å²) in [6.45, 7) is 2.00. The molecule has 0 bridgehead atoms. The summed E-state index contributed by atoms with van der Waals surface area (Å²) < 4.78 is 10.7. The standard InChI is InChI=1S/C15H18O3/c1-11(16)15(7-3-2-4-8-15)12-5-6-13-14(9-12)18-10-17-13/h5-6,9H,2-4,7-8,10H2,1H3. The zero-order chi connectivity index (χ0) is 12.6. The fourth-order valence-corrected chi connectivity index (χ4v) is 3.19. The summed E-state index contributed by atoms with van der Waals surface area (Å²) in [5.41, 5.74) is 0.804. The van der Waals surface area contributed by atoms with E-state index in [9.17, 15) is 4.79 Å². The molecular formula is C15H18O3. The van der Waals surface area contributed by atoms with Crippen LogP contribution in [0.15, 0.2) is 18.2 Å². The van der Waals surface area contributed by atoms with Crippen molar-refractivity contribution in [1.82, 2.24) is 0 Å². The van der Waals surface area contributed by atoms with Crippen molar-refractivity contribution in [2.75, 3.05) is 6.79 Å². The molecule has 1 fully saturated rings. The fourth-order valence-electron chi connectivity index (χ4n) is 3.19. The molecule has 0 aromatic heterocycles. The molecule has 0 radical (unpaired) electrons. The van der Waals surface area contributed by atoms with Gasteiger partial charge in [0.05, 0.1) is 5.41 Å². The molecule has 3 heteroatoms. The van der Waals surface area contributed by atoms with Crippen LogP contribution >= 0.6 is 0 Å². The van der Waals surface area contributed by atoms with E-state index in [2.05, 4.69) is 0 Å². The van der Waals surface area contributed by atoms with Crippen molar-refractivity contribution in [3.63, 3.8) is 0 Å². The van der Waals surface area contributed by atoms with Gasteiger partial charge >= 0.3 is 0 Å². The van der Waals surface area contributed by atoms with Gasteiger partial charge in [-0.15, -0.1) is 0 Å². The normalized spacial score (nSPS) is 20.7. The van der Waals surface area contributed by atoms with Gasteiger partial charge in [0.25, 0.3) is 0 Å². The Kier molecular flexibility index (Phi) is 2.77. The maximum atomic E-state index is 12.1. The quantitative estimate of drug-likeness (QED) is 0.803. The summed E-state index contributed by atoms with van der Waals surface area (Å²) in [7, 11) is 0. The summed E-state index contributed by atoms with van der Waals surface area (Å²) in [4.78, 5) is 12.1. The first kappa shape index (κ1) is 11.6. The second-order valence-electron chi connectivity index (χ2n) is 5.27. The summed E-state index contributed by atoms with van der Waals surface area (Å²) in [6.07, 6.45) is 5.42. The van der Waals surface area contributed by atoms with E-state index < -0.39 is 0 Å². The van der Waals surface area contributed by atoms with Gasteiger partial charge < -0.3 is 9.47 Å². The van der Waals surface area contributed by atoms with Crippen LogP contribution < -0.4 is 9.47 Å². The first-order valence-electron chi connectivity index (χ1n) is 6.63. The van der Waals surface area contributed by atoms with E-state index in [4.69, 9.17) is 9.47 Å². The van der Waals surface area contributed by atoms with Crippen LogP contribution in [0, 0.1) is 0 Å². The first-order valence-corrected chi connectivity index (χ1v) is 6.63. The van der Waals surface area contributed by atoms with Gasteiger partial charge in [-0.1, -0.05) is 25.3 Å². The summed E-state index contributed by atoms with van der Waals surface area (Å²) in [6, 6.07) is 5.95. The van der Waals surface area contributed by atoms with Gasteiger partial charge in [0, 0.05) is 0 Å². The van der Waals surface area contributed by atoms with Gasteiger partial charge in [-0.3, -0.25) is 4.79 Å². The van der Waals surface area contributed by atoms with Crippen molar-refractivity contribution in [2.45, 2.75) is 44.4 Å². The number of hydrogen-bond donors (Lipinski definition) is 0. The van der Waals surface area contributed by atoms with Crippen LogP contribution in [0.25, 0.3) is 0 Å². The second kappa shape index (κ2) is 4.30. The van der Waals surface area contributed by atoms with E-state index in [0.717, 1.165) is 42.7 Å². The van der Waals surface area contributed by atoms with Crippen LogP contribution in [0.3, 0.4) is 0 Å². The lowest BCUT2D eigenvalue weighted by atomic mass is 9.67. The van der Waals surface area contributed by atoms with Crippen molar-refractivity contribution < 1.29 is 14.3 Å². The first-order chi connectivity index (χ1) is 8.72. The molecule has 0 atom stereocenters. The number of rotatable bonds is 2. The highest BCUT2D eigenvalue weighted by atomic mass is 16.7. The third-order valence-electron chi connectivity index (χ3n) is 4.31. The van der Waals surface area contributed by atoms with Crippen molar-refractivity contribution in [3.05, 3.63) is 23.8 Å². The number of carbonyl (C=O) groups is 1. The van der Waals surface area contributed by atoms with Crippen molar-refractivity contribution in [3.8, 4) is 11.5 Å². The molecule has 96 valence electrons. The molecule has 3 nitrogen and oxygen atoms in total. The minimum Gasteiger partial charge on any atom is -0.454 e. The van der Waals surface area contributed by atoms with Gasteiger partial charge in [-0.05, 0) is 37.5 Å². The van der Waals surface area contributed by atoms with E-state index in [-0.39, 0.29) is 18.0 Å². The Morgan fingerprint density at radius 3 is 2.56 bits per heavy atom. The number of ether oxygens (including phenoxy) is 2. The lowest BCUT2D eigenvalue weighted by Crippen LogP contribution is -2.36. The Labute approximate surface area is 107 Å². The van der Waals surface area contributed by atoms with E-state index >= 15 is 0 Å². The Balaban J connectivity index is 2.02. The second-order valence-corrected chi connectivity index (χ2v) is 5.27. The Morgan fingerprint density at radius 2 is 1.83 bits per heavy atom. The Hall–Kier alpha value is -1.51. The molecule has 1 aromatic rings. The predicted octanol–water partition coefficient (Wildman–Crippen LogP) is 3.21. The molecule has 18 heavy (non-hydrogen) atoms. The Bertz CT molecular complexity index is 473. The lowest BCUT2D eigenvalue weighted by molar-refractivity contribution is -0.123. The lowest BCUT2D eigenvalue weighted by Gasteiger charge is -2.35. The van der Waals surface area contributed by atoms with Crippen LogP contribution in [0.5, 0.6) is 11.5 Å². The predicted molar refractivity (Wildman–Crippen MR) is 68.0 cm³/mol. The number of fused-ring (bicyclic) bond motifs is 1. The minimum atomic E-state index is -0.292. The SMILES string of the molecule is CC(=O)C1(c2ccc3c(c2)OCO3)CCCCC1. The number of ketones is 1. The molecule has 1 aromatic carbocycles. The third-order valence-corrected chi connectivity index (χ3v) is 4.31. The smallest absolute Gasteiger partial charge is 0.231 e. The maximum absolute atomic E-state index is 12.1. The molecule has 0 N–H and O–H groups in total. The van der Waals surface area contributed by atoms with E-state index in [1.165, 1.54) is 6.42 Å². The van der Waals surface area contributed by atoms with Crippen LogP contribution in [0.4, 0.5) is 0 Å². The average molecular weight is 246 g/mol. The van der Waals surface area contributed by atoms with Crippen molar-refractivity contribution in [1.29, 1.82) is 0 Å². The zero-order valence-corrected chi connectivity index (χ0v) is 10.7. The van der Waals surface area contributed by atoms with Crippen LogP contribution in [-0.4, -0.2) is 12.6 Å². The third kappa shape index (κ3) is 1.69. The van der Waals surface area contributed by atoms with Gasteiger partial charge in [-0.2, -0.15) is 0 Å². The maximum Gasteiger partial charge on any atom is 0.231 e. The minimum absolute atomic E-state index is 0.279.